The van der Waals surface area contributed by atoms with Crippen LogP contribution in [0.2, 0.25) is 0 Å². The molecule has 20 heavy (non-hydrogen) atoms. The second kappa shape index (κ2) is 5.54. The van der Waals surface area contributed by atoms with Crippen LogP contribution < -0.4 is 0 Å². The highest BCUT2D eigenvalue weighted by Crippen LogP contribution is 2.42. The molecule has 0 atom stereocenters. The molecule has 0 amide bonds. The molecule has 0 bridgehead atoms. The van der Waals surface area contributed by atoms with Crippen LogP contribution in [0.25, 0.3) is 10.2 Å². The Balaban J connectivity index is 1.80. The number of aromatic nitrogens is 1. The molecule has 1 aliphatic rings. The molecule has 1 heterocycles. The molecule has 2 nitrogen and oxygen atoms in total. The molecule has 1 aliphatic carbocycles. The van der Waals surface area contributed by atoms with Gasteiger partial charge in [0.05, 0.1) is 26.7 Å². The molecule has 0 radical (unpaired) electrons. The summed E-state index contributed by atoms with van der Waals surface area (Å²) in [4.78, 5) is 4.71. The number of para-hydroxylation sites is 1. The second-order valence-electron chi connectivity index (χ2n) is 6.00. The quantitative estimate of drug-likeness (QED) is 0.799. The lowest BCUT2D eigenvalue weighted by Gasteiger charge is -2.34. The zero-order valence-electron chi connectivity index (χ0n) is 11.9. The summed E-state index contributed by atoms with van der Waals surface area (Å²) in [6.07, 6.45) is 6.57. The summed E-state index contributed by atoms with van der Waals surface area (Å²) in [5.41, 5.74) is 0.905. The number of rotatable bonds is 3. The van der Waals surface area contributed by atoms with E-state index in [9.17, 15) is 5.26 Å². The molecule has 1 aromatic heterocycles. The van der Waals surface area contributed by atoms with E-state index >= 15 is 0 Å². The van der Waals surface area contributed by atoms with Gasteiger partial charge >= 0.3 is 0 Å². The molecule has 104 valence electrons. The van der Waals surface area contributed by atoms with Crippen molar-refractivity contribution in [2.75, 3.05) is 0 Å². The fourth-order valence-electron chi connectivity index (χ4n) is 3.25. The van der Waals surface area contributed by atoms with Crippen molar-refractivity contribution in [3.8, 4) is 6.07 Å². The average Bonchev–Trinajstić information content (AvgIpc) is 2.90. The fourth-order valence-corrected chi connectivity index (χ4v) is 4.36. The number of nitrogens with zero attached hydrogens (tertiary/aromatic N) is 2. The average molecular weight is 284 g/mol. The number of hydrogen-bond acceptors (Lipinski definition) is 3. The Hall–Kier alpha value is -1.40. The molecule has 0 spiro atoms. The van der Waals surface area contributed by atoms with E-state index in [1.807, 2.05) is 6.07 Å². The van der Waals surface area contributed by atoms with Gasteiger partial charge in [-0.2, -0.15) is 5.26 Å². The zero-order chi connectivity index (χ0) is 14.0. The minimum atomic E-state index is -0.167. The molecular formula is C17H20N2S. The molecule has 1 saturated carbocycles. The summed E-state index contributed by atoms with van der Waals surface area (Å²) < 4.78 is 1.23. The molecule has 1 aromatic carbocycles. The Kier molecular flexibility index (Phi) is 3.76. The van der Waals surface area contributed by atoms with Crippen LogP contribution in [0.15, 0.2) is 24.3 Å². The van der Waals surface area contributed by atoms with Crippen molar-refractivity contribution in [2.45, 2.75) is 45.4 Å². The molecule has 0 unspecified atom stereocenters. The summed E-state index contributed by atoms with van der Waals surface area (Å²) in [5, 5.41) is 10.8. The van der Waals surface area contributed by atoms with Crippen LogP contribution in [0.5, 0.6) is 0 Å². The highest BCUT2D eigenvalue weighted by atomic mass is 32.1. The topological polar surface area (TPSA) is 36.7 Å². The first-order chi connectivity index (χ1) is 9.74. The van der Waals surface area contributed by atoms with Crippen molar-refractivity contribution in [1.29, 1.82) is 5.26 Å². The predicted octanol–water partition coefficient (Wildman–Crippen LogP) is 4.95. The number of hydrogen-bond donors (Lipinski definition) is 0. The SMILES string of the molecule is CCC1CCC(C#N)(Cc2nc3ccccc3s2)CC1. The molecule has 1 fully saturated rings. The standard InChI is InChI=1S/C17H20N2S/c1-2-13-7-9-17(12-18,10-8-13)11-16-19-14-5-3-4-6-15(14)20-16/h3-6,13H,2,7-11H2,1H3. The van der Waals surface area contributed by atoms with Crippen molar-refractivity contribution in [1.82, 2.24) is 4.98 Å². The molecule has 0 aliphatic heterocycles. The van der Waals surface area contributed by atoms with Crippen LogP contribution >= 0.6 is 11.3 Å². The van der Waals surface area contributed by atoms with Gasteiger partial charge in [-0.25, -0.2) is 4.98 Å². The Bertz CT molecular complexity index is 597. The summed E-state index contributed by atoms with van der Waals surface area (Å²) in [6, 6.07) is 10.9. The second-order valence-corrected chi connectivity index (χ2v) is 7.11. The van der Waals surface area contributed by atoms with Crippen LogP contribution in [0, 0.1) is 22.7 Å². The summed E-state index contributed by atoms with van der Waals surface area (Å²) >= 11 is 1.75. The Morgan fingerprint density at radius 3 is 2.75 bits per heavy atom. The third kappa shape index (κ3) is 2.58. The van der Waals surface area contributed by atoms with E-state index in [-0.39, 0.29) is 5.41 Å². The van der Waals surface area contributed by atoms with Crippen LogP contribution in [0.4, 0.5) is 0 Å². The Morgan fingerprint density at radius 1 is 1.35 bits per heavy atom. The minimum Gasteiger partial charge on any atom is -0.241 e. The highest BCUT2D eigenvalue weighted by Gasteiger charge is 2.36. The van der Waals surface area contributed by atoms with Crippen LogP contribution in [-0.4, -0.2) is 4.98 Å². The number of fused-ring (bicyclic) bond motifs is 1. The fraction of sp³-hybridized carbons (Fsp3) is 0.529. The van der Waals surface area contributed by atoms with Crippen molar-refractivity contribution >= 4 is 21.6 Å². The van der Waals surface area contributed by atoms with E-state index in [1.165, 1.54) is 24.0 Å². The van der Waals surface area contributed by atoms with Crippen LogP contribution in [0.1, 0.15) is 44.0 Å². The molecular weight excluding hydrogens is 264 g/mol. The van der Waals surface area contributed by atoms with Gasteiger partial charge < -0.3 is 0 Å². The summed E-state index contributed by atoms with van der Waals surface area (Å²) in [5.74, 6) is 0.826. The molecule has 0 saturated heterocycles. The summed E-state index contributed by atoms with van der Waals surface area (Å²) in [6.45, 7) is 2.26. The Labute approximate surface area is 124 Å². The maximum Gasteiger partial charge on any atom is 0.0954 e. The first-order valence-corrected chi connectivity index (χ1v) is 8.32. The lowest BCUT2D eigenvalue weighted by atomic mass is 9.69. The minimum absolute atomic E-state index is 0.167. The van der Waals surface area contributed by atoms with Gasteiger partial charge in [0, 0.05) is 6.42 Å². The van der Waals surface area contributed by atoms with Gasteiger partial charge in [0.25, 0.3) is 0 Å². The molecule has 3 rings (SSSR count). The van der Waals surface area contributed by atoms with Gasteiger partial charge in [0.2, 0.25) is 0 Å². The lowest BCUT2D eigenvalue weighted by molar-refractivity contribution is 0.205. The third-order valence-electron chi connectivity index (χ3n) is 4.70. The van der Waals surface area contributed by atoms with Gasteiger partial charge in [-0.1, -0.05) is 25.5 Å². The highest BCUT2D eigenvalue weighted by molar-refractivity contribution is 7.18. The maximum absolute atomic E-state index is 9.66. The van der Waals surface area contributed by atoms with E-state index < -0.39 is 0 Å². The Morgan fingerprint density at radius 2 is 2.10 bits per heavy atom. The first kappa shape index (κ1) is 13.6. The van der Waals surface area contributed by atoms with Gasteiger partial charge in [0.1, 0.15) is 0 Å². The number of thiazole rings is 1. The zero-order valence-corrected chi connectivity index (χ0v) is 12.7. The largest absolute Gasteiger partial charge is 0.241 e. The van der Waals surface area contributed by atoms with E-state index in [0.29, 0.717) is 0 Å². The van der Waals surface area contributed by atoms with Crippen molar-refractivity contribution in [3.63, 3.8) is 0 Å². The van der Waals surface area contributed by atoms with E-state index in [1.54, 1.807) is 11.3 Å². The van der Waals surface area contributed by atoms with Gasteiger partial charge in [-0.3, -0.25) is 0 Å². The predicted molar refractivity (Wildman–Crippen MR) is 83.6 cm³/mol. The third-order valence-corrected chi connectivity index (χ3v) is 5.74. The first-order valence-electron chi connectivity index (χ1n) is 7.50. The van der Waals surface area contributed by atoms with E-state index in [2.05, 4.69) is 31.2 Å². The monoisotopic (exact) mass is 284 g/mol. The van der Waals surface area contributed by atoms with Crippen molar-refractivity contribution < 1.29 is 0 Å². The maximum atomic E-state index is 9.66. The van der Waals surface area contributed by atoms with Gasteiger partial charge in [-0.15, -0.1) is 11.3 Å². The smallest absolute Gasteiger partial charge is 0.0954 e. The summed E-state index contributed by atoms with van der Waals surface area (Å²) in [7, 11) is 0. The molecule has 3 heteroatoms. The van der Waals surface area contributed by atoms with E-state index in [4.69, 9.17) is 4.98 Å². The van der Waals surface area contributed by atoms with Gasteiger partial charge in [-0.05, 0) is 43.7 Å². The van der Waals surface area contributed by atoms with Gasteiger partial charge in [0.15, 0.2) is 0 Å². The van der Waals surface area contributed by atoms with Crippen molar-refractivity contribution in [2.24, 2.45) is 11.3 Å². The number of benzene rings is 1. The molecule has 2 aromatic rings. The number of nitriles is 1. The normalized spacial score (nSPS) is 26.5. The molecule has 0 N–H and O–H groups in total. The van der Waals surface area contributed by atoms with Crippen molar-refractivity contribution in [3.05, 3.63) is 29.3 Å². The van der Waals surface area contributed by atoms with Crippen LogP contribution in [0.3, 0.4) is 0 Å². The lowest BCUT2D eigenvalue weighted by Crippen LogP contribution is -2.28. The van der Waals surface area contributed by atoms with Crippen LogP contribution in [-0.2, 0) is 6.42 Å². The van der Waals surface area contributed by atoms with E-state index in [0.717, 1.165) is 35.7 Å².